The highest BCUT2D eigenvalue weighted by molar-refractivity contribution is 7.89. The molecular weight excluding hydrogens is 368 g/mol. The first-order valence-electron chi connectivity index (χ1n) is 8.39. The Labute approximate surface area is 159 Å². The molecule has 8 heteroatoms. The molecule has 0 heterocycles. The molecule has 2 N–H and O–H groups in total. The molecule has 0 saturated heterocycles. The van der Waals surface area contributed by atoms with Crippen molar-refractivity contribution in [2.24, 2.45) is 0 Å². The summed E-state index contributed by atoms with van der Waals surface area (Å²) in [7, 11) is -0.908. The van der Waals surface area contributed by atoms with Crippen molar-refractivity contribution in [3.8, 4) is 11.5 Å². The SMILES string of the molecule is CNC(=O)c1cc(S(=O)(=O)NCCOc2cccc(C)c2C)ccc1OC. The Balaban J connectivity index is 2.06. The zero-order valence-electron chi connectivity index (χ0n) is 15.8. The third kappa shape index (κ3) is 4.99. The molecule has 0 unspecified atom stereocenters. The van der Waals surface area contributed by atoms with Gasteiger partial charge >= 0.3 is 0 Å². The molecule has 0 aromatic heterocycles. The van der Waals surface area contributed by atoms with Gasteiger partial charge in [-0.05, 0) is 49.2 Å². The minimum atomic E-state index is -3.79. The number of carbonyl (C=O) groups excluding carboxylic acids is 1. The molecule has 0 saturated carbocycles. The van der Waals surface area contributed by atoms with E-state index in [0.29, 0.717) is 5.75 Å². The molecule has 0 spiro atoms. The zero-order valence-corrected chi connectivity index (χ0v) is 16.6. The molecule has 1 amide bonds. The Bertz CT molecular complexity index is 926. The first-order valence-corrected chi connectivity index (χ1v) is 9.87. The standard InChI is InChI=1S/C19H24N2O5S/c1-13-6-5-7-17(14(13)2)26-11-10-21-27(23,24)15-8-9-18(25-4)16(12-15)19(22)20-3/h5-9,12,21H,10-11H2,1-4H3,(H,20,22). The largest absolute Gasteiger partial charge is 0.496 e. The maximum absolute atomic E-state index is 12.5. The van der Waals surface area contributed by atoms with E-state index >= 15 is 0 Å². The Hall–Kier alpha value is -2.58. The zero-order chi connectivity index (χ0) is 20.0. The van der Waals surface area contributed by atoms with Gasteiger partial charge in [0.1, 0.15) is 18.1 Å². The van der Waals surface area contributed by atoms with E-state index in [4.69, 9.17) is 9.47 Å². The molecule has 2 aromatic carbocycles. The van der Waals surface area contributed by atoms with Crippen LogP contribution in [0, 0.1) is 13.8 Å². The summed E-state index contributed by atoms with van der Waals surface area (Å²) < 4.78 is 38.2. The van der Waals surface area contributed by atoms with Gasteiger partial charge in [-0.2, -0.15) is 0 Å². The quantitative estimate of drug-likeness (QED) is 0.671. The van der Waals surface area contributed by atoms with Crippen molar-refractivity contribution in [3.05, 3.63) is 53.1 Å². The van der Waals surface area contributed by atoms with Crippen LogP contribution < -0.4 is 19.5 Å². The van der Waals surface area contributed by atoms with Gasteiger partial charge in [0.25, 0.3) is 5.91 Å². The van der Waals surface area contributed by atoms with E-state index in [1.807, 2.05) is 32.0 Å². The van der Waals surface area contributed by atoms with Crippen LogP contribution in [0.3, 0.4) is 0 Å². The second kappa shape index (κ2) is 8.88. The van der Waals surface area contributed by atoms with Crippen LogP contribution in [0.1, 0.15) is 21.5 Å². The Kier molecular flexibility index (Phi) is 6.81. The number of benzene rings is 2. The average Bonchev–Trinajstić information content (AvgIpc) is 2.67. The Morgan fingerprint density at radius 1 is 1.11 bits per heavy atom. The minimum Gasteiger partial charge on any atom is -0.496 e. The van der Waals surface area contributed by atoms with Crippen LogP contribution in [-0.2, 0) is 10.0 Å². The number of carbonyl (C=O) groups is 1. The summed E-state index contributed by atoms with van der Waals surface area (Å²) in [6.45, 7) is 4.21. The van der Waals surface area contributed by atoms with E-state index in [9.17, 15) is 13.2 Å². The second-order valence-electron chi connectivity index (χ2n) is 5.89. The molecule has 146 valence electrons. The van der Waals surface area contributed by atoms with Crippen LogP contribution in [0.15, 0.2) is 41.3 Å². The van der Waals surface area contributed by atoms with Gasteiger partial charge < -0.3 is 14.8 Å². The van der Waals surface area contributed by atoms with Crippen molar-refractivity contribution >= 4 is 15.9 Å². The molecule has 0 radical (unpaired) electrons. The van der Waals surface area contributed by atoms with Crippen LogP contribution in [-0.4, -0.2) is 41.6 Å². The molecule has 0 bridgehead atoms. The fourth-order valence-corrected chi connectivity index (χ4v) is 3.51. The lowest BCUT2D eigenvalue weighted by Crippen LogP contribution is -2.29. The van der Waals surface area contributed by atoms with Crippen molar-refractivity contribution in [1.82, 2.24) is 10.0 Å². The first-order chi connectivity index (χ1) is 12.8. The highest BCUT2D eigenvalue weighted by Crippen LogP contribution is 2.23. The normalized spacial score (nSPS) is 11.1. The smallest absolute Gasteiger partial charge is 0.254 e. The number of hydrogen-bond donors (Lipinski definition) is 2. The predicted molar refractivity (Wildman–Crippen MR) is 103 cm³/mol. The second-order valence-corrected chi connectivity index (χ2v) is 7.65. The van der Waals surface area contributed by atoms with E-state index in [0.717, 1.165) is 16.9 Å². The predicted octanol–water partition coefficient (Wildman–Crippen LogP) is 2.03. The van der Waals surface area contributed by atoms with Gasteiger partial charge in [-0.1, -0.05) is 12.1 Å². The van der Waals surface area contributed by atoms with Crippen LogP contribution in [0.4, 0.5) is 0 Å². The van der Waals surface area contributed by atoms with Crippen molar-refractivity contribution < 1.29 is 22.7 Å². The van der Waals surface area contributed by atoms with Gasteiger partial charge in [0.15, 0.2) is 0 Å². The first kappa shape index (κ1) is 20.7. The summed E-state index contributed by atoms with van der Waals surface area (Å²) in [5.41, 5.74) is 2.27. The number of rotatable bonds is 8. The van der Waals surface area contributed by atoms with Crippen molar-refractivity contribution in [3.63, 3.8) is 0 Å². The maximum Gasteiger partial charge on any atom is 0.254 e. The minimum absolute atomic E-state index is 0.0198. The van der Waals surface area contributed by atoms with Gasteiger partial charge in [0.2, 0.25) is 10.0 Å². The van der Waals surface area contributed by atoms with Gasteiger partial charge in [-0.25, -0.2) is 13.1 Å². The van der Waals surface area contributed by atoms with Gasteiger partial charge in [-0.3, -0.25) is 4.79 Å². The van der Waals surface area contributed by atoms with Gasteiger partial charge in [0.05, 0.1) is 17.6 Å². The van der Waals surface area contributed by atoms with E-state index in [-0.39, 0.29) is 23.6 Å². The number of nitrogens with one attached hydrogen (secondary N) is 2. The molecule has 27 heavy (non-hydrogen) atoms. The summed E-state index contributed by atoms with van der Waals surface area (Å²) >= 11 is 0. The number of amides is 1. The fourth-order valence-electron chi connectivity index (χ4n) is 2.47. The molecule has 2 aromatic rings. The van der Waals surface area contributed by atoms with Crippen molar-refractivity contribution in [1.29, 1.82) is 0 Å². The molecule has 7 nitrogen and oxygen atoms in total. The molecule has 2 rings (SSSR count). The third-order valence-corrected chi connectivity index (χ3v) is 5.62. The topological polar surface area (TPSA) is 93.7 Å². The molecule has 0 atom stereocenters. The molecule has 0 aliphatic heterocycles. The highest BCUT2D eigenvalue weighted by Gasteiger charge is 2.19. The van der Waals surface area contributed by atoms with Gasteiger partial charge in [0, 0.05) is 13.6 Å². The molecule has 0 aliphatic rings. The van der Waals surface area contributed by atoms with Crippen molar-refractivity contribution in [2.75, 3.05) is 27.3 Å². The van der Waals surface area contributed by atoms with Gasteiger partial charge in [-0.15, -0.1) is 0 Å². The Morgan fingerprint density at radius 3 is 2.52 bits per heavy atom. The van der Waals surface area contributed by atoms with E-state index < -0.39 is 15.9 Å². The van der Waals surface area contributed by atoms with E-state index in [1.54, 1.807) is 0 Å². The number of methoxy groups -OCH3 is 1. The van der Waals surface area contributed by atoms with Crippen LogP contribution in [0.25, 0.3) is 0 Å². The maximum atomic E-state index is 12.5. The molecular formula is C19H24N2O5S. The summed E-state index contributed by atoms with van der Waals surface area (Å²) in [6, 6.07) is 9.84. The summed E-state index contributed by atoms with van der Waals surface area (Å²) in [5.74, 6) is 0.592. The Morgan fingerprint density at radius 2 is 1.85 bits per heavy atom. The van der Waals surface area contributed by atoms with Crippen LogP contribution in [0.2, 0.25) is 0 Å². The summed E-state index contributed by atoms with van der Waals surface area (Å²) in [4.78, 5) is 11.9. The third-order valence-electron chi connectivity index (χ3n) is 4.16. The lowest BCUT2D eigenvalue weighted by molar-refractivity contribution is 0.0960. The monoisotopic (exact) mass is 392 g/mol. The number of aryl methyl sites for hydroxylation is 1. The van der Waals surface area contributed by atoms with Crippen molar-refractivity contribution in [2.45, 2.75) is 18.7 Å². The number of hydrogen-bond acceptors (Lipinski definition) is 5. The number of ether oxygens (including phenoxy) is 2. The summed E-state index contributed by atoms with van der Waals surface area (Å²) in [5, 5.41) is 2.46. The average molecular weight is 392 g/mol. The molecule has 0 fully saturated rings. The van der Waals surface area contributed by atoms with Crippen LogP contribution >= 0.6 is 0 Å². The summed E-state index contributed by atoms with van der Waals surface area (Å²) in [6.07, 6.45) is 0. The van der Waals surface area contributed by atoms with Crippen LogP contribution in [0.5, 0.6) is 11.5 Å². The van der Waals surface area contributed by atoms with E-state index in [2.05, 4.69) is 10.0 Å². The lowest BCUT2D eigenvalue weighted by atomic mass is 10.1. The lowest BCUT2D eigenvalue weighted by Gasteiger charge is -2.13. The number of sulfonamides is 1. The fraction of sp³-hybridized carbons (Fsp3) is 0.316. The highest BCUT2D eigenvalue weighted by atomic mass is 32.2. The van der Waals surface area contributed by atoms with E-state index in [1.165, 1.54) is 32.4 Å². The molecule has 0 aliphatic carbocycles.